The molecule has 1 heterocycles. The monoisotopic (exact) mass is 218 g/mol. The molecule has 1 aromatic rings. The van der Waals surface area contributed by atoms with Gasteiger partial charge in [0.1, 0.15) is 0 Å². The lowest BCUT2D eigenvalue weighted by atomic mass is 10.1. The van der Waals surface area contributed by atoms with Gasteiger partial charge in [-0.15, -0.1) is 0 Å². The summed E-state index contributed by atoms with van der Waals surface area (Å²) in [4.78, 5) is 14.0. The predicted octanol–water partition coefficient (Wildman–Crippen LogP) is 2.63. The third kappa shape index (κ3) is 2.03. The van der Waals surface area contributed by atoms with Gasteiger partial charge in [0, 0.05) is 19.0 Å². The van der Waals surface area contributed by atoms with Crippen molar-refractivity contribution in [3.05, 3.63) is 24.3 Å². The van der Waals surface area contributed by atoms with Crippen LogP contribution in [0.25, 0.3) is 0 Å². The number of fused-ring (bicyclic) bond motifs is 1. The molecule has 1 aromatic carbocycles. The lowest BCUT2D eigenvalue weighted by Gasteiger charge is -2.31. The van der Waals surface area contributed by atoms with Gasteiger partial charge < -0.3 is 10.2 Å². The normalized spacial score (nSPS) is 16.4. The summed E-state index contributed by atoms with van der Waals surface area (Å²) in [5.41, 5.74) is 2.06. The fourth-order valence-electron chi connectivity index (χ4n) is 2.12. The van der Waals surface area contributed by atoms with Crippen LogP contribution in [0.4, 0.5) is 11.4 Å². The highest BCUT2D eigenvalue weighted by molar-refractivity contribution is 5.97. The number of carbonyl (C=O) groups excluding carboxylic acids is 1. The van der Waals surface area contributed by atoms with Crippen LogP contribution in [-0.2, 0) is 4.79 Å². The van der Waals surface area contributed by atoms with E-state index in [4.69, 9.17) is 0 Å². The van der Waals surface area contributed by atoms with Crippen LogP contribution in [0.3, 0.4) is 0 Å². The Hall–Kier alpha value is -1.51. The Labute approximate surface area is 96.5 Å². The van der Waals surface area contributed by atoms with E-state index in [0.717, 1.165) is 24.3 Å². The van der Waals surface area contributed by atoms with Gasteiger partial charge in [0.15, 0.2) is 0 Å². The number of hydrogen-bond donors (Lipinski definition) is 1. The van der Waals surface area contributed by atoms with Crippen LogP contribution in [0.5, 0.6) is 0 Å². The van der Waals surface area contributed by atoms with E-state index in [9.17, 15) is 4.79 Å². The van der Waals surface area contributed by atoms with Crippen LogP contribution in [0.2, 0.25) is 0 Å². The van der Waals surface area contributed by atoms with Crippen molar-refractivity contribution < 1.29 is 4.79 Å². The van der Waals surface area contributed by atoms with Gasteiger partial charge in [0.2, 0.25) is 5.91 Å². The minimum Gasteiger partial charge on any atom is -0.383 e. The van der Waals surface area contributed by atoms with Crippen molar-refractivity contribution in [1.82, 2.24) is 0 Å². The zero-order valence-corrected chi connectivity index (χ0v) is 9.86. The number of para-hydroxylation sites is 2. The van der Waals surface area contributed by atoms with Gasteiger partial charge >= 0.3 is 0 Å². The van der Waals surface area contributed by atoms with Gasteiger partial charge in [-0.3, -0.25) is 4.79 Å². The summed E-state index contributed by atoms with van der Waals surface area (Å²) in [6, 6.07) is 8.21. The number of carbonyl (C=O) groups is 1. The summed E-state index contributed by atoms with van der Waals surface area (Å²) in [6.45, 7) is 4.97. The lowest BCUT2D eigenvalue weighted by molar-refractivity contribution is -0.119. The van der Waals surface area contributed by atoms with Gasteiger partial charge in [-0.25, -0.2) is 0 Å². The summed E-state index contributed by atoms with van der Waals surface area (Å²) >= 11 is 0. The molecule has 3 heteroatoms. The lowest BCUT2D eigenvalue weighted by Crippen LogP contribution is -2.38. The molecule has 0 atom stereocenters. The number of anilines is 2. The van der Waals surface area contributed by atoms with Crippen LogP contribution in [-0.4, -0.2) is 18.5 Å². The zero-order valence-electron chi connectivity index (χ0n) is 9.86. The van der Waals surface area contributed by atoms with Crippen LogP contribution in [0.15, 0.2) is 24.3 Å². The Bertz CT molecular complexity index is 387. The van der Waals surface area contributed by atoms with Crippen molar-refractivity contribution in [2.75, 3.05) is 16.8 Å². The van der Waals surface area contributed by atoms with Crippen molar-refractivity contribution in [2.24, 2.45) is 0 Å². The molecule has 1 N–H and O–H groups in total. The van der Waals surface area contributed by atoms with Crippen LogP contribution in [0, 0.1) is 0 Å². The molecule has 0 unspecified atom stereocenters. The second kappa shape index (κ2) is 4.56. The third-order valence-corrected chi connectivity index (χ3v) is 2.83. The molecule has 0 saturated carbocycles. The highest BCUT2D eigenvalue weighted by Gasteiger charge is 2.22. The zero-order chi connectivity index (χ0) is 11.5. The maximum atomic E-state index is 12.1. The topological polar surface area (TPSA) is 32.3 Å². The fourth-order valence-corrected chi connectivity index (χ4v) is 2.12. The molecule has 3 nitrogen and oxygen atoms in total. The smallest absolute Gasteiger partial charge is 0.227 e. The molecule has 1 amide bonds. The summed E-state index contributed by atoms with van der Waals surface area (Å²) in [5.74, 6) is 0.226. The van der Waals surface area contributed by atoms with Gasteiger partial charge in [-0.05, 0) is 32.4 Å². The molecule has 0 spiro atoms. The molecular formula is C13H18N2O. The molecule has 0 fully saturated rings. The molecule has 0 aromatic heterocycles. The Morgan fingerprint density at radius 1 is 1.31 bits per heavy atom. The molecule has 1 aliphatic heterocycles. The molecule has 0 saturated heterocycles. The van der Waals surface area contributed by atoms with Crippen molar-refractivity contribution in [3.8, 4) is 0 Å². The van der Waals surface area contributed by atoms with E-state index in [1.54, 1.807) is 0 Å². The molecule has 1 aliphatic rings. The number of hydrogen-bond acceptors (Lipinski definition) is 2. The maximum absolute atomic E-state index is 12.1. The van der Waals surface area contributed by atoms with Crippen molar-refractivity contribution in [2.45, 2.75) is 32.7 Å². The van der Waals surface area contributed by atoms with Crippen molar-refractivity contribution in [1.29, 1.82) is 0 Å². The quantitative estimate of drug-likeness (QED) is 0.786. The van der Waals surface area contributed by atoms with Crippen molar-refractivity contribution >= 4 is 17.3 Å². The average Bonchev–Trinajstić information content (AvgIpc) is 2.23. The molecule has 2 rings (SSSR count). The second-order valence-corrected chi connectivity index (χ2v) is 4.40. The Morgan fingerprint density at radius 3 is 2.81 bits per heavy atom. The van der Waals surface area contributed by atoms with E-state index in [1.807, 2.05) is 29.2 Å². The molecular weight excluding hydrogens is 200 g/mol. The first-order chi connectivity index (χ1) is 7.70. The summed E-state index contributed by atoms with van der Waals surface area (Å²) in [5, 5.41) is 3.38. The largest absolute Gasteiger partial charge is 0.383 e. The summed E-state index contributed by atoms with van der Waals surface area (Å²) in [6.07, 6.45) is 1.52. The minimum absolute atomic E-state index is 0.202. The molecule has 86 valence electrons. The number of nitrogens with zero attached hydrogens (tertiary/aromatic N) is 1. The van der Waals surface area contributed by atoms with Crippen LogP contribution < -0.4 is 10.2 Å². The third-order valence-electron chi connectivity index (χ3n) is 2.83. The van der Waals surface area contributed by atoms with Crippen LogP contribution >= 0.6 is 0 Å². The number of benzene rings is 1. The van der Waals surface area contributed by atoms with Crippen molar-refractivity contribution in [3.63, 3.8) is 0 Å². The summed E-state index contributed by atoms with van der Waals surface area (Å²) < 4.78 is 0. The Morgan fingerprint density at radius 2 is 2.06 bits per heavy atom. The maximum Gasteiger partial charge on any atom is 0.227 e. The predicted molar refractivity (Wildman–Crippen MR) is 66.8 cm³/mol. The standard InChI is InChI=1S/C13H18N2O/c1-10(2)15-12-7-4-3-6-11(12)14-9-5-8-13(15)16/h3-4,6-7,10,14H,5,8-9H2,1-2H3. The SMILES string of the molecule is CC(C)N1C(=O)CCCNc2ccccc21. The van der Waals surface area contributed by atoms with Gasteiger partial charge in [0.05, 0.1) is 11.4 Å². The second-order valence-electron chi connectivity index (χ2n) is 4.40. The molecule has 0 radical (unpaired) electrons. The molecule has 0 aliphatic carbocycles. The fraction of sp³-hybridized carbons (Fsp3) is 0.462. The van der Waals surface area contributed by atoms with E-state index in [0.29, 0.717) is 6.42 Å². The Balaban J connectivity index is 2.44. The van der Waals surface area contributed by atoms with Crippen LogP contribution in [0.1, 0.15) is 26.7 Å². The first kappa shape index (κ1) is 11.0. The summed E-state index contributed by atoms with van der Waals surface area (Å²) in [7, 11) is 0. The van der Waals surface area contributed by atoms with E-state index in [-0.39, 0.29) is 11.9 Å². The van der Waals surface area contributed by atoms with E-state index in [2.05, 4.69) is 19.2 Å². The van der Waals surface area contributed by atoms with E-state index < -0.39 is 0 Å². The average molecular weight is 218 g/mol. The highest BCUT2D eigenvalue weighted by atomic mass is 16.2. The van der Waals surface area contributed by atoms with Gasteiger partial charge in [-0.2, -0.15) is 0 Å². The molecule has 0 bridgehead atoms. The van der Waals surface area contributed by atoms with Gasteiger partial charge in [-0.1, -0.05) is 12.1 Å². The highest BCUT2D eigenvalue weighted by Crippen LogP contribution is 2.29. The number of rotatable bonds is 1. The minimum atomic E-state index is 0.202. The first-order valence-corrected chi connectivity index (χ1v) is 5.85. The van der Waals surface area contributed by atoms with Gasteiger partial charge in [0.25, 0.3) is 0 Å². The van der Waals surface area contributed by atoms with E-state index in [1.165, 1.54) is 0 Å². The first-order valence-electron chi connectivity index (χ1n) is 5.85. The number of amides is 1. The molecule has 16 heavy (non-hydrogen) atoms. The number of nitrogens with one attached hydrogen (secondary N) is 1. The Kier molecular flexibility index (Phi) is 3.13. The van der Waals surface area contributed by atoms with E-state index >= 15 is 0 Å².